The highest BCUT2D eigenvalue weighted by Gasteiger charge is 2.92. The van der Waals surface area contributed by atoms with Crippen LogP contribution in [0.25, 0.3) is 0 Å². The quantitative estimate of drug-likeness (QED) is 0.0245. The molecule has 0 atom stereocenters. The van der Waals surface area contributed by atoms with Crippen molar-refractivity contribution in [3.8, 4) is 0 Å². The molecule has 0 aromatic carbocycles. The third-order valence-corrected chi connectivity index (χ3v) is 20.7. The molecule has 82 heteroatoms. The zero-order valence-electron chi connectivity index (χ0n) is 72.4. The average Bonchev–Trinajstić information content (AvgIpc) is 0.715. The molecule has 0 unspecified atom stereocenters. The number of alkyl halides is 54. The topological polar surface area (TPSA) is 324 Å². The molecule has 0 saturated carbocycles. The van der Waals surface area contributed by atoms with Gasteiger partial charge in [0.05, 0.1) is 116 Å². The van der Waals surface area contributed by atoms with Gasteiger partial charge in [-0.1, -0.05) is 0 Å². The van der Waals surface area contributed by atoms with Crippen molar-refractivity contribution in [3.63, 3.8) is 0 Å². The molecule has 0 bridgehead atoms. The molecule has 6 N–H and O–H groups in total. The van der Waals surface area contributed by atoms with Crippen LogP contribution in [0.2, 0.25) is 0 Å². The Hall–Kier alpha value is -7.60. The summed E-state index contributed by atoms with van der Waals surface area (Å²) in [5, 5.41) is 55.9. The molecule has 2 aliphatic heterocycles. The predicted octanol–water partition coefficient (Wildman–Crippen LogP) is 13.6. The lowest BCUT2D eigenvalue weighted by Crippen LogP contribution is -2.71. The summed E-state index contributed by atoms with van der Waals surface area (Å²) in [5.41, 5.74) is -58.7. The fourth-order valence-corrected chi connectivity index (χ4v) is 13.1. The maximum absolute atomic E-state index is 13.9. The maximum Gasteiger partial charge on any atom is 0.435 e. The van der Waals surface area contributed by atoms with Crippen molar-refractivity contribution in [2.45, 2.75) is 145 Å². The van der Waals surface area contributed by atoms with E-state index in [1.165, 1.54) is 9.80 Å². The van der Waals surface area contributed by atoms with Crippen molar-refractivity contribution < 1.29 is 334 Å². The third-order valence-electron chi connectivity index (χ3n) is 20.7. The minimum Gasteiger partial charge on any atom is -0.480 e. The minimum atomic E-state index is -8.14. The third kappa shape index (κ3) is 34.2. The predicted molar refractivity (Wildman–Crippen MR) is 365 cm³/mol. The molecule has 876 valence electrons. The van der Waals surface area contributed by atoms with Crippen molar-refractivity contribution in [2.75, 3.05) is 223 Å². The summed E-state index contributed by atoms with van der Waals surface area (Å²) in [4.78, 5) is 77.2. The van der Waals surface area contributed by atoms with Crippen molar-refractivity contribution in [2.24, 2.45) is 10.8 Å². The van der Waals surface area contributed by atoms with Gasteiger partial charge in [-0.2, -0.15) is 237 Å². The number of nitrogens with zero attached hydrogens (tertiary/aromatic N) is 8. The smallest absolute Gasteiger partial charge is 0.435 e. The normalized spacial score (nSPS) is 18.0. The number of rotatable bonds is 40. The number of hydrogen-bond donors (Lipinski definition) is 6. The number of hydrogen-bond acceptors (Lipinski definition) is 22. The van der Waals surface area contributed by atoms with E-state index in [9.17, 15) is 296 Å². The van der Waals surface area contributed by atoms with Crippen LogP contribution in [0.5, 0.6) is 0 Å². The summed E-state index contributed by atoms with van der Waals surface area (Å²) >= 11 is 0. The molecule has 2 fully saturated rings. The van der Waals surface area contributed by atoms with Gasteiger partial charge in [0.25, 0.3) is 0 Å². The van der Waals surface area contributed by atoms with Gasteiger partial charge in [0, 0.05) is 118 Å². The van der Waals surface area contributed by atoms with E-state index in [1.807, 2.05) is 0 Å². The number of carbonyl (C=O) groups is 6. The van der Waals surface area contributed by atoms with Crippen LogP contribution in [0.4, 0.5) is 237 Å². The Morgan fingerprint density at radius 3 is 0.345 bits per heavy atom. The van der Waals surface area contributed by atoms with Crippen LogP contribution < -0.4 is 0 Å². The molecule has 0 amide bonds. The van der Waals surface area contributed by atoms with Crippen molar-refractivity contribution in [1.82, 2.24) is 39.2 Å². The zero-order chi connectivity index (χ0) is 117. The van der Waals surface area contributed by atoms with Gasteiger partial charge in [-0.3, -0.25) is 68.0 Å². The van der Waals surface area contributed by atoms with Crippen molar-refractivity contribution >= 4 is 35.8 Å². The molecule has 2 aliphatic rings. The Balaban J connectivity index is 0.00000148. The van der Waals surface area contributed by atoms with Crippen LogP contribution in [-0.4, -0.2) is 474 Å². The van der Waals surface area contributed by atoms with E-state index >= 15 is 0 Å². The van der Waals surface area contributed by atoms with Crippen LogP contribution >= 0.6 is 0 Å². The zero-order valence-corrected chi connectivity index (χ0v) is 72.4. The van der Waals surface area contributed by atoms with Gasteiger partial charge in [0.2, 0.25) is 0 Å². The van der Waals surface area contributed by atoms with Gasteiger partial charge >= 0.3 is 181 Å². The first-order valence-corrected chi connectivity index (χ1v) is 38.9. The second kappa shape index (κ2) is 49.4. The number of ether oxygens (including phenoxy) is 8. The van der Waals surface area contributed by atoms with Crippen LogP contribution in [0.1, 0.15) is 0 Å². The first kappa shape index (κ1) is 138. The molecule has 2 rings (SSSR count). The Labute approximate surface area is 787 Å². The Bertz CT molecular complexity index is 3370. The molecular formula is C66H74F54N8O20. The number of halogens is 54. The summed E-state index contributed by atoms with van der Waals surface area (Å²) in [5.74, 6) is -9.23. The number of carboxylic acids is 6. The van der Waals surface area contributed by atoms with E-state index in [4.69, 9.17) is 0 Å². The SMILES string of the molecule is O=C(O)CN1CCN(CCOCC(COC(C(F)(F)F)(C(F)(F)F)C(F)(F)F)(COC(C(F)(F)F)(C(F)(F)F)C(F)(F)F)COC(C(F)(F)F)(C(F)(F)F)C(F)(F)F)CCN(CC(=O)O)CCN(CC(=O)O)CC1.O=C(O)CN1CCN(CCOCC(COC(C(F)(F)F)(C(F)(F)F)C(F)(F)F)(COC(C(F)(F)F)(C(F)(F)F)C(F)(F)F)COC(C(F)(F)F)(C(F)(F)F)C(F)(F)F)CCN(CC(=O)O)CCN(CC(=O)O)CC1. The van der Waals surface area contributed by atoms with E-state index in [0.717, 1.165) is 29.4 Å². The Morgan fingerprint density at radius 1 is 0.162 bits per heavy atom. The lowest BCUT2D eigenvalue weighted by atomic mass is 9.89. The lowest BCUT2D eigenvalue weighted by molar-refractivity contribution is -0.477. The van der Waals surface area contributed by atoms with Gasteiger partial charge in [0.1, 0.15) is 0 Å². The van der Waals surface area contributed by atoms with Crippen molar-refractivity contribution in [3.05, 3.63) is 0 Å². The first-order valence-electron chi connectivity index (χ1n) is 38.9. The molecule has 0 aliphatic carbocycles. The fourth-order valence-electron chi connectivity index (χ4n) is 13.1. The van der Waals surface area contributed by atoms with Crippen LogP contribution in [-0.2, 0) is 66.7 Å². The second-order valence-electron chi connectivity index (χ2n) is 31.6. The number of carboxylic acid groups (broad SMARTS) is 6. The monoisotopic (exact) mass is 2320 g/mol. The van der Waals surface area contributed by atoms with E-state index in [0.29, 0.717) is 0 Å². The molecular weight excluding hydrogens is 2250 g/mol. The summed E-state index contributed by atoms with van der Waals surface area (Å²) < 4.78 is 778. The largest absolute Gasteiger partial charge is 0.480 e. The molecule has 148 heavy (non-hydrogen) atoms. The molecule has 28 nitrogen and oxygen atoms in total. The lowest BCUT2D eigenvalue weighted by Gasteiger charge is -2.45. The minimum absolute atomic E-state index is 0.299. The van der Waals surface area contributed by atoms with Crippen LogP contribution in [0.3, 0.4) is 0 Å². The molecule has 2 saturated heterocycles. The summed E-state index contributed by atoms with van der Waals surface area (Å²) in [6.45, 7) is -48.6. The van der Waals surface area contributed by atoms with Gasteiger partial charge in [-0.15, -0.1) is 0 Å². The molecule has 0 radical (unpaired) electrons. The molecule has 0 spiro atoms. The van der Waals surface area contributed by atoms with Crippen molar-refractivity contribution in [1.29, 1.82) is 0 Å². The first-order chi connectivity index (χ1) is 65.6. The highest BCUT2D eigenvalue weighted by Crippen LogP contribution is 2.64. The summed E-state index contributed by atoms with van der Waals surface area (Å²) in [6, 6.07) is 0. The maximum atomic E-state index is 13.9. The number of aliphatic carboxylic acids is 6. The van der Waals surface area contributed by atoms with Gasteiger partial charge in [0.15, 0.2) is 0 Å². The second-order valence-corrected chi connectivity index (χ2v) is 31.6. The van der Waals surface area contributed by atoms with E-state index in [1.54, 1.807) is 0 Å². The average molecular weight is 2330 g/mol. The summed E-state index contributed by atoms with van der Waals surface area (Å²) in [6.07, 6.45) is -147. The fraction of sp³-hybridized carbons (Fsp3) is 0.909. The van der Waals surface area contributed by atoms with E-state index in [2.05, 4.69) is 37.9 Å². The highest BCUT2D eigenvalue weighted by atomic mass is 19.5. The van der Waals surface area contributed by atoms with Gasteiger partial charge < -0.3 is 68.5 Å². The van der Waals surface area contributed by atoms with E-state index < -0.39 is 362 Å². The highest BCUT2D eigenvalue weighted by molar-refractivity contribution is 5.71. The van der Waals surface area contributed by atoms with Gasteiger partial charge in [-0.05, 0) is 0 Å². The van der Waals surface area contributed by atoms with Gasteiger partial charge in [-0.25, -0.2) is 0 Å². The Kier molecular flexibility index (Phi) is 46.2. The Morgan fingerprint density at radius 2 is 0.257 bits per heavy atom. The van der Waals surface area contributed by atoms with Crippen LogP contribution in [0.15, 0.2) is 0 Å². The standard InChI is InChI=1S/2C33H37F27N4O10/c2*34-25(35,36)22(26(37,38)39,27(40,41)42)72-15-21(16-73-23(28(43,44)45,29(46,47)48)30(49,50)51,17-74-24(31(52,53)54,32(55,56)57)33(58,59)60)14-71-10-9-61-1-3-62(11-18(65)66)5-7-64(13-20(69)70)8-6-63(4-2-61)12-19(67)68/h2*1-17H2,(H,65,66)(H,67,68)(H,69,70). The van der Waals surface area contributed by atoms with E-state index in [-0.39, 0.29) is 52.4 Å². The molecule has 2 heterocycles. The molecule has 0 aromatic heterocycles. The summed E-state index contributed by atoms with van der Waals surface area (Å²) in [7, 11) is 0. The van der Waals surface area contributed by atoms with Crippen LogP contribution in [0, 0.1) is 10.8 Å². The molecule has 0 aromatic rings.